The van der Waals surface area contributed by atoms with Crippen LogP contribution in [0.25, 0.3) is 10.9 Å². The fraction of sp³-hybridized carbons (Fsp3) is 0.115. The fourth-order valence-electron chi connectivity index (χ4n) is 3.54. The van der Waals surface area contributed by atoms with Gasteiger partial charge in [-0.3, -0.25) is 14.6 Å². The number of hydrogen-bond acceptors (Lipinski definition) is 4. The summed E-state index contributed by atoms with van der Waals surface area (Å²) in [6, 6.07) is 26.6. The van der Waals surface area contributed by atoms with Crippen LogP contribution in [0.2, 0.25) is 0 Å². The summed E-state index contributed by atoms with van der Waals surface area (Å²) in [5.74, 6) is 0.750. The van der Waals surface area contributed by atoms with E-state index in [-0.39, 0.29) is 11.8 Å². The van der Waals surface area contributed by atoms with E-state index in [1.807, 2.05) is 36.4 Å². The molecule has 1 fully saturated rings. The van der Waals surface area contributed by atoms with Gasteiger partial charge in [-0.25, -0.2) is 0 Å². The number of nitrogens with one attached hydrogen (secondary N) is 2. The predicted molar refractivity (Wildman–Crippen MR) is 122 cm³/mol. The third-order valence-corrected chi connectivity index (χ3v) is 5.54. The van der Waals surface area contributed by atoms with Crippen LogP contribution in [0.3, 0.4) is 0 Å². The number of ether oxygens (including phenoxy) is 1. The van der Waals surface area contributed by atoms with E-state index in [0.717, 1.165) is 10.9 Å². The van der Waals surface area contributed by atoms with Crippen molar-refractivity contribution in [2.45, 2.75) is 12.8 Å². The lowest BCUT2D eigenvalue weighted by molar-refractivity contribution is -0.131. The number of carbonyl (C=O) groups is 2. The number of fused-ring (bicyclic) bond motifs is 1. The molecule has 1 aliphatic carbocycles. The average Bonchev–Trinajstić information content (AvgIpc) is 3.64. The molecule has 1 aliphatic rings. The molecule has 3 aromatic carbocycles. The van der Waals surface area contributed by atoms with E-state index in [9.17, 15) is 9.59 Å². The molecule has 4 aromatic rings. The van der Waals surface area contributed by atoms with Gasteiger partial charge in [-0.05, 0) is 73.5 Å². The van der Waals surface area contributed by atoms with Crippen LogP contribution in [0.15, 0.2) is 85.1 Å². The van der Waals surface area contributed by atoms with Gasteiger partial charge in [0.2, 0.25) is 11.8 Å². The minimum absolute atomic E-state index is 0.275. The molecule has 0 atom stereocenters. The third-order valence-electron chi connectivity index (χ3n) is 5.54. The second-order valence-electron chi connectivity index (χ2n) is 7.74. The molecule has 0 unspecified atom stereocenters. The Hall–Kier alpha value is -4.19. The van der Waals surface area contributed by atoms with Gasteiger partial charge >= 0.3 is 0 Å². The highest BCUT2D eigenvalue weighted by Gasteiger charge is 2.56. The van der Waals surface area contributed by atoms with Crippen molar-refractivity contribution in [2.24, 2.45) is 5.41 Å². The summed E-state index contributed by atoms with van der Waals surface area (Å²) in [7, 11) is 0. The number of pyridine rings is 1. The molecular weight excluding hydrogens is 402 g/mol. The smallest absolute Gasteiger partial charge is 0.240 e. The Morgan fingerprint density at radius 2 is 1.56 bits per heavy atom. The van der Waals surface area contributed by atoms with Gasteiger partial charge in [-0.1, -0.05) is 24.3 Å². The summed E-state index contributed by atoms with van der Waals surface area (Å²) in [5, 5.41) is 6.59. The minimum Gasteiger partial charge on any atom is -0.457 e. The van der Waals surface area contributed by atoms with Crippen molar-refractivity contribution >= 4 is 34.1 Å². The molecule has 0 aliphatic heterocycles. The number of benzene rings is 3. The van der Waals surface area contributed by atoms with Crippen LogP contribution in [-0.2, 0) is 9.59 Å². The highest BCUT2D eigenvalue weighted by Crippen LogP contribution is 2.47. The topological polar surface area (TPSA) is 80.3 Å². The van der Waals surface area contributed by atoms with Crippen LogP contribution in [-0.4, -0.2) is 16.8 Å². The highest BCUT2D eigenvalue weighted by molar-refractivity contribution is 6.16. The van der Waals surface area contributed by atoms with Crippen molar-refractivity contribution in [1.29, 1.82) is 0 Å². The molecule has 32 heavy (non-hydrogen) atoms. The third kappa shape index (κ3) is 3.90. The van der Waals surface area contributed by atoms with Crippen LogP contribution in [0.1, 0.15) is 12.8 Å². The number of nitrogens with zero attached hydrogens (tertiary/aromatic N) is 1. The molecular formula is C26H20N3O3. The van der Waals surface area contributed by atoms with E-state index in [0.29, 0.717) is 35.7 Å². The zero-order valence-electron chi connectivity index (χ0n) is 17.2. The van der Waals surface area contributed by atoms with E-state index in [4.69, 9.17) is 4.74 Å². The van der Waals surface area contributed by atoms with Gasteiger partial charge in [0.15, 0.2) is 0 Å². The maximum atomic E-state index is 12.8. The van der Waals surface area contributed by atoms with Gasteiger partial charge in [0.25, 0.3) is 0 Å². The summed E-state index contributed by atoms with van der Waals surface area (Å²) in [6.45, 7) is 0. The summed E-state index contributed by atoms with van der Waals surface area (Å²) in [4.78, 5) is 29.8. The van der Waals surface area contributed by atoms with Crippen molar-refractivity contribution in [3.05, 3.63) is 91.1 Å². The Kier molecular flexibility index (Phi) is 5.03. The summed E-state index contributed by atoms with van der Waals surface area (Å²) < 4.78 is 6.01. The molecule has 1 saturated carbocycles. The van der Waals surface area contributed by atoms with E-state index < -0.39 is 5.41 Å². The Morgan fingerprint density at radius 1 is 0.875 bits per heavy atom. The summed E-state index contributed by atoms with van der Waals surface area (Å²) >= 11 is 0. The van der Waals surface area contributed by atoms with E-state index in [1.54, 1.807) is 48.7 Å². The zero-order valence-corrected chi connectivity index (χ0v) is 17.2. The molecule has 2 amide bonds. The lowest BCUT2D eigenvalue weighted by atomic mass is 10.0. The number of amides is 2. The highest BCUT2D eigenvalue weighted by atomic mass is 16.5. The van der Waals surface area contributed by atoms with Crippen molar-refractivity contribution in [3.8, 4) is 11.5 Å². The average molecular weight is 422 g/mol. The predicted octanol–water partition coefficient (Wildman–Crippen LogP) is 5.18. The monoisotopic (exact) mass is 422 g/mol. The molecule has 0 spiro atoms. The van der Waals surface area contributed by atoms with Crippen LogP contribution in [0.4, 0.5) is 11.4 Å². The second-order valence-corrected chi connectivity index (χ2v) is 7.74. The molecule has 157 valence electrons. The number of anilines is 2. The first-order valence-corrected chi connectivity index (χ1v) is 10.3. The lowest BCUT2D eigenvalue weighted by Crippen LogP contribution is -2.35. The molecule has 0 bridgehead atoms. The first-order valence-electron chi connectivity index (χ1n) is 10.3. The number of hydrogen-bond donors (Lipinski definition) is 2. The van der Waals surface area contributed by atoms with Gasteiger partial charge in [0.05, 0.1) is 5.52 Å². The SMILES string of the molecule is O=C(Nc1ccccc1)C1(C(=O)Nc2ccc(Oc3ccnc4c[c]ccc34)cc2)CC1. The molecule has 5 rings (SSSR count). The number of aromatic nitrogens is 1. The van der Waals surface area contributed by atoms with Crippen molar-refractivity contribution in [3.63, 3.8) is 0 Å². The Labute approximate surface area is 185 Å². The molecule has 2 N–H and O–H groups in total. The second kappa shape index (κ2) is 8.15. The van der Waals surface area contributed by atoms with Gasteiger partial charge in [0.1, 0.15) is 16.9 Å². The maximum absolute atomic E-state index is 12.8. The lowest BCUT2D eigenvalue weighted by Gasteiger charge is -2.16. The van der Waals surface area contributed by atoms with Gasteiger partial charge in [-0.15, -0.1) is 0 Å². The Morgan fingerprint density at radius 3 is 2.25 bits per heavy atom. The van der Waals surface area contributed by atoms with Crippen molar-refractivity contribution < 1.29 is 14.3 Å². The van der Waals surface area contributed by atoms with E-state index in [2.05, 4.69) is 21.7 Å². The molecule has 1 radical (unpaired) electrons. The first-order chi connectivity index (χ1) is 15.6. The molecule has 6 nitrogen and oxygen atoms in total. The van der Waals surface area contributed by atoms with Crippen molar-refractivity contribution in [1.82, 2.24) is 4.98 Å². The molecule has 1 aromatic heterocycles. The first kappa shape index (κ1) is 19.8. The maximum Gasteiger partial charge on any atom is 0.240 e. The van der Waals surface area contributed by atoms with Crippen LogP contribution in [0.5, 0.6) is 11.5 Å². The normalized spacial score (nSPS) is 13.9. The number of carbonyl (C=O) groups excluding carboxylic acids is 2. The van der Waals surface area contributed by atoms with Crippen LogP contribution in [0, 0.1) is 11.5 Å². The van der Waals surface area contributed by atoms with E-state index in [1.165, 1.54) is 0 Å². The largest absolute Gasteiger partial charge is 0.457 e. The van der Waals surface area contributed by atoms with Crippen LogP contribution >= 0.6 is 0 Å². The zero-order chi connectivity index (χ0) is 22.0. The molecule has 6 heteroatoms. The summed E-state index contributed by atoms with van der Waals surface area (Å²) in [5.41, 5.74) is 1.07. The number of rotatable bonds is 6. The fourth-order valence-corrected chi connectivity index (χ4v) is 3.54. The minimum atomic E-state index is -1.02. The molecule has 1 heterocycles. The van der Waals surface area contributed by atoms with Crippen LogP contribution < -0.4 is 15.4 Å². The molecule has 0 saturated heterocycles. The van der Waals surface area contributed by atoms with Gasteiger partial charge < -0.3 is 15.4 Å². The summed E-state index contributed by atoms with van der Waals surface area (Å²) in [6.07, 6.45) is 2.76. The van der Waals surface area contributed by atoms with Gasteiger partial charge in [0, 0.05) is 23.0 Å². The van der Waals surface area contributed by atoms with Gasteiger partial charge in [-0.2, -0.15) is 0 Å². The quantitative estimate of drug-likeness (QED) is 0.419. The standard InChI is InChI=1S/C26H20N3O3/c30-24(28-18-6-2-1-3-7-18)26(15-16-26)25(31)29-19-10-12-20(13-11-19)32-23-14-17-27-22-9-5-4-8-21(22)23/h1-4,6-14,17H,15-16H2,(H,28,30)(H,29,31). The number of para-hydroxylation sites is 1. The Bertz CT molecular complexity index is 1280. The van der Waals surface area contributed by atoms with E-state index >= 15 is 0 Å². The van der Waals surface area contributed by atoms with Crippen molar-refractivity contribution in [2.75, 3.05) is 10.6 Å². The Balaban J connectivity index is 1.25.